The summed E-state index contributed by atoms with van der Waals surface area (Å²) in [6.45, 7) is 21.0. The van der Waals surface area contributed by atoms with Crippen molar-refractivity contribution in [2.75, 3.05) is 93.9 Å². The molecule has 15 nitrogen and oxygen atoms in total. The Morgan fingerprint density at radius 1 is 0.560 bits per heavy atom. The van der Waals surface area contributed by atoms with Gasteiger partial charge in [0, 0.05) is 44.3 Å². The van der Waals surface area contributed by atoms with Gasteiger partial charge in [-0.3, -0.25) is 27.2 Å². The van der Waals surface area contributed by atoms with Crippen LogP contribution in [0.3, 0.4) is 0 Å². The number of rotatable bonds is 26. The van der Waals surface area contributed by atoms with Gasteiger partial charge in [0.25, 0.3) is 0 Å². The molecule has 0 bridgehead atoms. The zero-order valence-electron chi connectivity index (χ0n) is 44.8. The highest BCUT2D eigenvalue weighted by molar-refractivity contribution is 7.81. The van der Waals surface area contributed by atoms with E-state index in [4.69, 9.17) is 53.5 Å². The predicted octanol–water partition coefficient (Wildman–Crippen LogP) is 14.1. The van der Waals surface area contributed by atoms with Crippen molar-refractivity contribution >= 4 is 57.9 Å². The molecule has 0 spiro atoms. The number of phosphoric ester groups is 1. The largest absolute Gasteiger partial charge is 0.474 e. The van der Waals surface area contributed by atoms with Gasteiger partial charge in [0.1, 0.15) is 0 Å². The minimum absolute atomic E-state index is 0.247. The number of benzene rings is 4. The van der Waals surface area contributed by atoms with Crippen molar-refractivity contribution in [3.8, 4) is 0 Å². The molecule has 2 saturated heterocycles. The number of aryl methyl sites for hydroxylation is 1. The van der Waals surface area contributed by atoms with Crippen LogP contribution in [0.15, 0.2) is 123 Å². The van der Waals surface area contributed by atoms with E-state index in [9.17, 15) is 13.7 Å². The highest BCUT2D eigenvalue weighted by atomic mass is 35.7. The molecule has 2 N–H and O–H groups in total. The maximum atomic E-state index is 11.6. The van der Waals surface area contributed by atoms with Gasteiger partial charge >= 0.3 is 22.4 Å². The average Bonchev–Trinajstić information content (AvgIpc) is 4.03. The summed E-state index contributed by atoms with van der Waals surface area (Å²) < 4.78 is 78.0. The minimum atomic E-state index is -3.33. The lowest BCUT2D eigenvalue weighted by Gasteiger charge is -2.09. The third-order valence-corrected chi connectivity index (χ3v) is 13.3. The molecule has 0 saturated carbocycles. The number of hydrogen-bond acceptors (Lipinski definition) is 14. The Morgan fingerprint density at radius 3 is 1.17 bits per heavy atom. The van der Waals surface area contributed by atoms with E-state index in [-0.39, 0.29) is 6.61 Å². The number of unbranched alkanes of at least 4 members (excludes halogenated alkanes) is 3. The van der Waals surface area contributed by atoms with E-state index in [0.717, 1.165) is 59.9 Å². The first-order valence-corrected chi connectivity index (χ1v) is 30.6. The van der Waals surface area contributed by atoms with Crippen molar-refractivity contribution in [3.05, 3.63) is 168 Å². The Bertz CT molecular complexity index is 2240. The molecular weight excluding hydrogens is 1040 g/mol. The monoisotopic (exact) mass is 1120 g/mol. The molecule has 2 aliphatic rings. The van der Waals surface area contributed by atoms with Gasteiger partial charge in [-0.2, -0.15) is 0 Å². The second kappa shape index (κ2) is 42.4. The molecule has 1 atom stereocenters. The number of ether oxygens (including phenoxy) is 3. The van der Waals surface area contributed by atoms with Crippen molar-refractivity contribution in [1.29, 1.82) is 0 Å². The zero-order valence-corrected chi connectivity index (χ0v) is 48.2. The van der Waals surface area contributed by atoms with Gasteiger partial charge in [0.05, 0.1) is 59.5 Å². The fourth-order valence-electron chi connectivity index (χ4n) is 5.60. The van der Waals surface area contributed by atoms with Crippen molar-refractivity contribution < 1.29 is 65.0 Å². The molecule has 2 fully saturated rings. The van der Waals surface area contributed by atoms with Gasteiger partial charge in [0.2, 0.25) is 0 Å². The van der Waals surface area contributed by atoms with Crippen molar-refractivity contribution in [2.24, 2.45) is 0 Å². The minimum Gasteiger partial charge on any atom is -0.396 e. The Labute approximate surface area is 452 Å². The summed E-state index contributed by atoms with van der Waals surface area (Å²) in [6.07, 6.45) is 12.1. The van der Waals surface area contributed by atoms with Crippen LogP contribution in [0.4, 0.5) is 0 Å². The second-order valence-electron chi connectivity index (χ2n) is 17.0. The zero-order chi connectivity index (χ0) is 55.6. The number of nitrogens with zero attached hydrogens (tertiary/aromatic N) is 1. The van der Waals surface area contributed by atoms with Crippen molar-refractivity contribution in [2.45, 2.75) is 65.3 Å². The Morgan fingerprint density at radius 2 is 0.867 bits per heavy atom. The highest BCUT2D eigenvalue weighted by Crippen LogP contribution is 2.56. The molecule has 4 aromatic carbocycles. The van der Waals surface area contributed by atoms with Gasteiger partial charge in [0.15, 0.2) is 0 Å². The summed E-state index contributed by atoms with van der Waals surface area (Å²) in [5.74, 6) is 0. The van der Waals surface area contributed by atoms with Crippen LogP contribution in [0.5, 0.6) is 0 Å². The Kier molecular flexibility index (Phi) is 39.2. The van der Waals surface area contributed by atoms with Gasteiger partial charge < -0.3 is 33.6 Å². The van der Waals surface area contributed by atoms with Crippen molar-refractivity contribution in [3.63, 3.8) is 0 Å². The Hall–Kier alpha value is -3.66. The number of halogens is 1. The molecule has 19 heteroatoms. The van der Waals surface area contributed by atoms with Gasteiger partial charge in [-0.25, -0.2) is 9.13 Å². The van der Waals surface area contributed by atoms with Crippen LogP contribution < -0.4 is 0 Å². The number of aliphatic hydroxyl groups excluding tert-OH is 1. The summed E-state index contributed by atoms with van der Waals surface area (Å²) in [4.78, 5) is 10.9. The summed E-state index contributed by atoms with van der Waals surface area (Å²) in [6, 6.07) is 32.5. The Balaban J connectivity index is 0.000000479. The van der Waals surface area contributed by atoms with Crippen LogP contribution in [0.2, 0.25) is 0 Å². The summed E-state index contributed by atoms with van der Waals surface area (Å²) in [5, 5.41) is 8.58. The third kappa shape index (κ3) is 39.4. The summed E-state index contributed by atoms with van der Waals surface area (Å²) in [7, 11) is -0.556. The van der Waals surface area contributed by atoms with Gasteiger partial charge in [-0.15, -0.1) is 0 Å². The normalized spacial score (nSPS) is 14.5. The van der Waals surface area contributed by atoms with E-state index in [2.05, 4.69) is 66.6 Å². The third-order valence-electron chi connectivity index (χ3n) is 9.56. The fraction of sp³-hybridized carbons (Fsp3) is 0.429. The molecule has 0 radical (unpaired) electrons. The lowest BCUT2D eigenvalue weighted by Crippen LogP contribution is -1.99. The maximum absolute atomic E-state index is 11.6. The molecule has 0 amide bonds. The van der Waals surface area contributed by atoms with E-state index in [1.165, 1.54) is 23.4 Å². The van der Waals surface area contributed by atoms with Crippen LogP contribution >= 0.6 is 33.6 Å². The summed E-state index contributed by atoms with van der Waals surface area (Å²) >= 11 is 5.08. The van der Waals surface area contributed by atoms with Crippen LogP contribution in [0.1, 0.15) is 83.0 Å². The molecule has 4 aromatic rings. The molecule has 6 rings (SSSR count). The van der Waals surface area contributed by atoms with E-state index in [1.807, 2.05) is 117 Å². The number of hydrogen-bond donors (Lipinski definition) is 2. The molecule has 418 valence electrons. The van der Waals surface area contributed by atoms with Crippen molar-refractivity contribution in [1.82, 2.24) is 4.90 Å². The molecular formula is C56H83ClNO14P3. The number of aliphatic hydroxyl groups is 1. The second-order valence-corrected chi connectivity index (χ2v) is 23.1. The quantitative estimate of drug-likeness (QED) is 0.0448. The van der Waals surface area contributed by atoms with E-state index in [0.29, 0.717) is 85.7 Å². The first-order valence-electron chi connectivity index (χ1n) is 24.7. The average molecular weight is 1120 g/mol. The molecule has 2 aliphatic heterocycles. The molecule has 1 unspecified atom stereocenters. The highest BCUT2D eigenvalue weighted by Gasteiger charge is 2.31. The maximum Gasteiger partial charge on any atom is 0.474 e. The standard InChI is InChI=1S/C15H21O5P.C14H21O4P.C13H18O2.C9H10.C3H9N.C2H4ClO3P/c1-2-14-5-7-15(8-6-14)13-17-9-3-4-10-18-21(16)19-11-12-20-21;1-3-13-6-8-14(9-7-13)12-17-10-4-5-11-18-19(2,15)16;1-2-12-5-7-13(8-6-12)11-15-10-4-3-9-14;1-3-9-6-4-8(2)5-7-9;1-4(2)3;3-7(4)5-1-2-6-7/h2,5-8H,1,3-4,9-13H2;3,6-9H,1,4-5,10-12H2,2H3,(H,15,16);2,5-8,14H,1,3-4,9-11H2;3-7H,1H2,2H3;1-3H3;1-2H2. The summed E-state index contributed by atoms with van der Waals surface area (Å²) in [5.41, 5.74) is 9.21. The van der Waals surface area contributed by atoms with E-state index < -0.39 is 22.4 Å². The van der Waals surface area contributed by atoms with Crippen LogP contribution in [0, 0.1) is 6.92 Å². The lowest BCUT2D eigenvalue weighted by atomic mass is 10.1. The number of phosphoric acid groups is 1. The molecule has 2 heterocycles. The SMILES string of the molecule is C=Cc1ccc(C)cc1.C=Cc1ccc(COCCCCO)cc1.C=Cc1ccc(COCCCCOP(C)(=O)O)cc1.C=Cc1ccc(COCCCCOP2(=O)OCCO2)cc1.CN(C)C.O=P1(Cl)OCCO1. The van der Waals surface area contributed by atoms with E-state index in [1.54, 1.807) is 6.08 Å². The first-order chi connectivity index (χ1) is 35.9. The van der Waals surface area contributed by atoms with Crippen LogP contribution in [-0.4, -0.2) is 109 Å². The topological polar surface area (TPSA) is 178 Å². The first kappa shape index (κ1) is 69.4. The molecule has 0 aliphatic carbocycles. The predicted molar refractivity (Wildman–Crippen MR) is 307 cm³/mol. The molecule has 75 heavy (non-hydrogen) atoms. The fourth-order valence-corrected chi connectivity index (χ4v) is 8.32. The van der Waals surface area contributed by atoms with Crippen LogP contribution in [-0.2, 0) is 74.9 Å². The van der Waals surface area contributed by atoms with Gasteiger partial charge in [-0.1, -0.05) is 153 Å². The van der Waals surface area contributed by atoms with Gasteiger partial charge in [-0.05, 0) is 106 Å². The van der Waals surface area contributed by atoms with E-state index >= 15 is 0 Å². The van der Waals surface area contributed by atoms with Crippen LogP contribution in [0.25, 0.3) is 24.3 Å². The lowest BCUT2D eigenvalue weighted by molar-refractivity contribution is 0.110. The molecule has 0 aromatic heterocycles. The smallest absolute Gasteiger partial charge is 0.396 e.